The number of pyridine rings is 1. The number of urea groups is 1. The second-order valence-electron chi connectivity index (χ2n) is 4.65. The predicted octanol–water partition coefficient (Wildman–Crippen LogP) is 1.95. The van der Waals surface area contributed by atoms with Gasteiger partial charge in [-0.1, -0.05) is 6.07 Å². The maximum atomic E-state index is 11.7. The lowest BCUT2D eigenvalue weighted by Crippen LogP contribution is -2.48. The van der Waals surface area contributed by atoms with Crippen LogP contribution in [0.5, 0.6) is 5.75 Å². The first kappa shape index (κ1) is 17.1. The Balaban J connectivity index is 2.32. The van der Waals surface area contributed by atoms with Crippen LogP contribution < -0.4 is 26.9 Å². The molecule has 0 fully saturated rings. The zero-order chi connectivity index (χ0) is 16.8. The fourth-order valence-electron chi connectivity index (χ4n) is 2.07. The van der Waals surface area contributed by atoms with E-state index in [0.29, 0.717) is 11.4 Å². The summed E-state index contributed by atoms with van der Waals surface area (Å²) in [5, 5.41) is 0.967. The van der Waals surface area contributed by atoms with Gasteiger partial charge < -0.3 is 4.74 Å². The fraction of sp³-hybridized carbons (Fsp3) is 0.200. The number of hydrogen-bond acceptors (Lipinski definition) is 6. The van der Waals surface area contributed by atoms with Crippen molar-refractivity contribution in [3.8, 4) is 5.75 Å². The second kappa shape index (κ2) is 7.82. The second-order valence-corrected chi connectivity index (χ2v) is 5.50. The van der Waals surface area contributed by atoms with Crippen molar-refractivity contribution in [3.05, 3.63) is 47.8 Å². The Bertz CT molecular complexity index is 695. The SMILES string of the molecule is CSc1cccc(N(N)C(=O)NN)c1COc1cccnc1C. The Morgan fingerprint density at radius 2 is 2.17 bits per heavy atom. The lowest BCUT2D eigenvalue weighted by atomic mass is 10.2. The maximum Gasteiger partial charge on any atom is 0.350 e. The van der Waals surface area contributed by atoms with E-state index < -0.39 is 6.03 Å². The molecule has 1 aromatic heterocycles. The van der Waals surface area contributed by atoms with Crippen LogP contribution in [0.2, 0.25) is 0 Å². The molecule has 23 heavy (non-hydrogen) atoms. The van der Waals surface area contributed by atoms with Gasteiger partial charge in [-0.15, -0.1) is 11.8 Å². The smallest absolute Gasteiger partial charge is 0.350 e. The van der Waals surface area contributed by atoms with Gasteiger partial charge >= 0.3 is 6.03 Å². The van der Waals surface area contributed by atoms with Crippen LogP contribution in [0.3, 0.4) is 0 Å². The maximum absolute atomic E-state index is 11.7. The molecule has 5 N–H and O–H groups in total. The zero-order valence-electron chi connectivity index (χ0n) is 12.9. The molecule has 0 aliphatic heterocycles. The van der Waals surface area contributed by atoms with Crippen molar-refractivity contribution in [1.29, 1.82) is 0 Å². The number of thioether (sulfide) groups is 1. The molecule has 0 saturated heterocycles. The van der Waals surface area contributed by atoms with E-state index in [1.807, 2.05) is 36.8 Å². The first-order valence-electron chi connectivity index (χ1n) is 6.84. The quantitative estimate of drug-likeness (QED) is 0.334. The number of amides is 2. The number of rotatable bonds is 5. The number of benzene rings is 1. The molecule has 0 spiro atoms. The molecule has 1 aromatic carbocycles. The molecule has 2 rings (SSSR count). The molecule has 0 atom stereocenters. The molecule has 1 heterocycles. The topological polar surface area (TPSA) is 106 Å². The third-order valence-corrected chi connectivity index (χ3v) is 4.08. The van der Waals surface area contributed by atoms with Gasteiger partial charge in [0, 0.05) is 16.7 Å². The molecular weight excluding hydrogens is 314 g/mol. The molecule has 0 aliphatic rings. The number of ether oxygens (including phenoxy) is 1. The van der Waals surface area contributed by atoms with Crippen molar-refractivity contribution in [2.75, 3.05) is 11.3 Å². The lowest BCUT2D eigenvalue weighted by Gasteiger charge is -2.21. The molecule has 2 amide bonds. The van der Waals surface area contributed by atoms with Gasteiger partial charge in [-0.2, -0.15) is 0 Å². The van der Waals surface area contributed by atoms with Crippen molar-refractivity contribution < 1.29 is 9.53 Å². The molecule has 122 valence electrons. The van der Waals surface area contributed by atoms with Crippen LogP contribution in [-0.2, 0) is 6.61 Å². The Labute approximate surface area is 138 Å². The zero-order valence-corrected chi connectivity index (χ0v) is 13.8. The molecule has 0 bridgehead atoms. The molecule has 7 nitrogen and oxygen atoms in total. The summed E-state index contributed by atoms with van der Waals surface area (Å²) < 4.78 is 5.85. The Kier molecular flexibility index (Phi) is 5.80. The van der Waals surface area contributed by atoms with E-state index in [1.54, 1.807) is 30.1 Å². The summed E-state index contributed by atoms with van der Waals surface area (Å²) in [5.74, 6) is 11.7. The van der Waals surface area contributed by atoms with Crippen LogP contribution in [-0.4, -0.2) is 17.3 Å². The van der Waals surface area contributed by atoms with Gasteiger partial charge in [0.25, 0.3) is 0 Å². The number of hydrogen-bond donors (Lipinski definition) is 3. The van der Waals surface area contributed by atoms with Crippen molar-refractivity contribution in [3.63, 3.8) is 0 Å². The van der Waals surface area contributed by atoms with Crippen LogP contribution in [0.4, 0.5) is 10.5 Å². The first-order chi connectivity index (χ1) is 11.1. The van der Waals surface area contributed by atoms with Crippen molar-refractivity contribution in [2.45, 2.75) is 18.4 Å². The fourth-order valence-corrected chi connectivity index (χ4v) is 2.69. The van der Waals surface area contributed by atoms with Crippen LogP contribution in [0.15, 0.2) is 41.4 Å². The minimum Gasteiger partial charge on any atom is -0.487 e. The Morgan fingerprint density at radius 1 is 1.39 bits per heavy atom. The number of aryl methyl sites for hydroxylation is 1. The number of carbonyl (C=O) groups is 1. The van der Waals surface area contributed by atoms with Crippen molar-refractivity contribution in [1.82, 2.24) is 10.4 Å². The van der Waals surface area contributed by atoms with E-state index in [4.69, 9.17) is 16.4 Å². The lowest BCUT2D eigenvalue weighted by molar-refractivity contribution is 0.246. The third kappa shape index (κ3) is 3.92. The summed E-state index contributed by atoms with van der Waals surface area (Å²) >= 11 is 1.54. The minimum atomic E-state index is -0.609. The molecule has 0 radical (unpaired) electrons. The normalized spacial score (nSPS) is 10.3. The third-order valence-electron chi connectivity index (χ3n) is 3.26. The van der Waals surface area contributed by atoms with Gasteiger partial charge in [0.05, 0.1) is 11.4 Å². The number of nitrogens with zero attached hydrogens (tertiary/aromatic N) is 2. The van der Waals surface area contributed by atoms with Crippen LogP contribution in [0.1, 0.15) is 11.3 Å². The minimum absolute atomic E-state index is 0.254. The monoisotopic (exact) mass is 333 g/mol. The van der Waals surface area contributed by atoms with Gasteiger partial charge in [0.2, 0.25) is 0 Å². The van der Waals surface area contributed by atoms with Crippen LogP contribution >= 0.6 is 11.8 Å². The summed E-state index contributed by atoms with van der Waals surface area (Å²) in [4.78, 5) is 16.8. The molecule has 0 unspecified atom stereocenters. The Hall–Kier alpha value is -2.29. The number of nitrogens with two attached hydrogens (primary N) is 2. The highest BCUT2D eigenvalue weighted by atomic mass is 32.2. The number of nitrogens with one attached hydrogen (secondary N) is 1. The number of anilines is 1. The van der Waals surface area contributed by atoms with Gasteiger partial charge in [0.1, 0.15) is 12.4 Å². The molecule has 8 heteroatoms. The van der Waals surface area contributed by atoms with Gasteiger partial charge in [0.15, 0.2) is 0 Å². The summed E-state index contributed by atoms with van der Waals surface area (Å²) in [7, 11) is 0. The van der Waals surface area contributed by atoms with Crippen molar-refractivity contribution >= 4 is 23.5 Å². The summed E-state index contributed by atoms with van der Waals surface area (Å²) in [6, 6.07) is 8.55. The molecule has 2 aromatic rings. The van der Waals surface area contributed by atoms with E-state index in [1.165, 1.54) is 0 Å². The van der Waals surface area contributed by atoms with Crippen molar-refractivity contribution in [2.24, 2.45) is 11.7 Å². The predicted molar refractivity (Wildman–Crippen MR) is 90.9 cm³/mol. The van der Waals surface area contributed by atoms with Gasteiger partial charge in [-0.05, 0) is 37.4 Å². The van der Waals surface area contributed by atoms with E-state index in [9.17, 15) is 4.79 Å². The van der Waals surface area contributed by atoms with E-state index in [-0.39, 0.29) is 6.61 Å². The molecule has 0 aliphatic carbocycles. The Morgan fingerprint density at radius 3 is 2.83 bits per heavy atom. The van der Waals surface area contributed by atoms with Gasteiger partial charge in [-0.25, -0.2) is 21.5 Å². The van der Waals surface area contributed by atoms with Crippen LogP contribution in [0.25, 0.3) is 0 Å². The summed E-state index contributed by atoms with van der Waals surface area (Å²) in [6.45, 7) is 2.12. The van der Waals surface area contributed by atoms with E-state index in [0.717, 1.165) is 21.2 Å². The average molecular weight is 333 g/mol. The first-order valence-corrected chi connectivity index (χ1v) is 8.06. The van der Waals surface area contributed by atoms with E-state index in [2.05, 4.69) is 4.98 Å². The number of carbonyl (C=O) groups excluding carboxylic acids is 1. The summed E-state index contributed by atoms with van der Waals surface area (Å²) in [5.41, 5.74) is 4.14. The summed E-state index contributed by atoms with van der Waals surface area (Å²) in [6.07, 6.45) is 3.65. The number of aromatic nitrogens is 1. The average Bonchev–Trinajstić information content (AvgIpc) is 2.59. The molecular formula is C15H19N5O2S. The highest BCUT2D eigenvalue weighted by molar-refractivity contribution is 7.98. The highest BCUT2D eigenvalue weighted by Gasteiger charge is 2.17. The highest BCUT2D eigenvalue weighted by Crippen LogP contribution is 2.30. The number of hydrazine groups is 2. The van der Waals surface area contributed by atoms with Gasteiger partial charge in [-0.3, -0.25) is 10.4 Å². The largest absolute Gasteiger partial charge is 0.487 e. The standard InChI is InChI=1S/C15H19N5O2S/c1-10-13(6-4-8-18-10)22-9-11-12(20(17)15(21)19-16)5-3-7-14(11)23-2/h3-8H,9,16-17H2,1-2H3,(H,19,21). The molecule has 0 saturated carbocycles. The van der Waals surface area contributed by atoms with E-state index >= 15 is 0 Å². The van der Waals surface area contributed by atoms with Crippen LogP contribution in [0, 0.1) is 6.92 Å².